The molecule has 0 aliphatic heterocycles. The number of benzene rings is 3. The molecule has 3 heteroatoms. The molecule has 0 heterocycles. The van der Waals surface area contributed by atoms with Crippen LogP contribution < -0.4 is 9.47 Å². The van der Waals surface area contributed by atoms with Gasteiger partial charge in [-0.2, -0.15) is 0 Å². The van der Waals surface area contributed by atoms with Crippen LogP contribution in [0.3, 0.4) is 0 Å². The van der Waals surface area contributed by atoms with Crippen molar-refractivity contribution < 1.29 is 14.3 Å². The van der Waals surface area contributed by atoms with E-state index in [0.29, 0.717) is 17.1 Å². The first-order chi connectivity index (χ1) is 12.8. The molecule has 3 nitrogen and oxygen atoms in total. The average Bonchev–Trinajstić information content (AvgIpc) is 2.72. The number of hydrogen-bond donors (Lipinski definition) is 0. The fraction of sp³-hybridized carbons (Fsp3) is 0.0870. The van der Waals surface area contributed by atoms with Crippen LogP contribution in [0.1, 0.15) is 21.5 Å². The summed E-state index contributed by atoms with van der Waals surface area (Å²) in [4.78, 5) is 12.3. The fourth-order valence-corrected chi connectivity index (χ4v) is 2.36. The predicted octanol–water partition coefficient (Wildman–Crippen LogP) is 4.36. The van der Waals surface area contributed by atoms with Gasteiger partial charge in [0, 0.05) is 11.1 Å². The fourth-order valence-electron chi connectivity index (χ4n) is 2.36. The number of carbonyl (C=O) groups is 1. The molecule has 0 bridgehead atoms. The van der Waals surface area contributed by atoms with Gasteiger partial charge in [0.2, 0.25) is 0 Å². The molecule has 0 aliphatic rings. The molecule has 128 valence electrons. The second-order valence-electron chi connectivity index (χ2n) is 5.55. The Bertz CT molecular complexity index is 932. The smallest absolute Gasteiger partial charge is 0.200 e. The van der Waals surface area contributed by atoms with E-state index >= 15 is 0 Å². The van der Waals surface area contributed by atoms with Crippen molar-refractivity contribution in [3.63, 3.8) is 0 Å². The third-order valence-corrected chi connectivity index (χ3v) is 3.77. The van der Waals surface area contributed by atoms with E-state index in [2.05, 4.69) is 11.8 Å². The van der Waals surface area contributed by atoms with E-state index in [-0.39, 0.29) is 12.4 Å². The van der Waals surface area contributed by atoms with Gasteiger partial charge in [0.1, 0.15) is 11.5 Å². The number of ketones is 1. The Morgan fingerprint density at radius 2 is 1.54 bits per heavy atom. The van der Waals surface area contributed by atoms with E-state index in [1.165, 1.54) is 0 Å². The molecule has 0 aromatic heterocycles. The topological polar surface area (TPSA) is 35.5 Å². The Hall–Kier alpha value is -3.51. The van der Waals surface area contributed by atoms with Gasteiger partial charge in [-0.1, -0.05) is 42.2 Å². The van der Waals surface area contributed by atoms with Gasteiger partial charge in [-0.3, -0.25) is 4.79 Å². The van der Waals surface area contributed by atoms with E-state index < -0.39 is 0 Å². The Kier molecular flexibility index (Phi) is 5.69. The molecule has 0 aliphatic carbocycles. The molecule has 3 rings (SSSR count). The normalized spacial score (nSPS) is 9.73. The minimum atomic E-state index is -0.0986. The van der Waals surface area contributed by atoms with Crippen molar-refractivity contribution in [2.45, 2.75) is 0 Å². The van der Waals surface area contributed by atoms with Crippen molar-refractivity contribution in [3.05, 3.63) is 95.6 Å². The van der Waals surface area contributed by atoms with Crippen LogP contribution in [-0.4, -0.2) is 19.5 Å². The quantitative estimate of drug-likeness (QED) is 0.511. The van der Waals surface area contributed by atoms with Gasteiger partial charge in [0.15, 0.2) is 12.4 Å². The zero-order chi connectivity index (χ0) is 18.2. The second-order valence-corrected chi connectivity index (χ2v) is 5.55. The van der Waals surface area contributed by atoms with Crippen molar-refractivity contribution in [2.24, 2.45) is 0 Å². The highest BCUT2D eigenvalue weighted by Gasteiger charge is 2.08. The maximum absolute atomic E-state index is 12.3. The second kappa shape index (κ2) is 8.55. The zero-order valence-electron chi connectivity index (χ0n) is 14.4. The highest BCUT2D eigenvalue weighted by atomic mass is 16.5. The Balaban J connectivity index is 1.70. The molecule has 0 radical (unpaired) electrons. The van der Waals surface area contributed by atoms with Crippen LogP contribution in [0.4, 0.5) is 0 Å². The molecule has 0 saturated heterocycles. The number of hydrogen-bond acceptors (Lipinski definition) is 3. The minimum Gasteiger partial charge on any atom is -0.497 e. The molecular formula is C23H18O3. The van der Waals surface area contributed by atoms with Crippen LogP contribution in [0.15, 0.2) is 78.9 Å². The Labute approximate surface area is 153 Å². The van der Waals surface area contributed by atoms with Gasteiger partial charge in [0.05, 0.1) is 12.7 Å². The molecule has 0 saturated carbocycles. The van der Waals surface area contributed by atoms with E-state index in [4.69, 9.17) is 9.47 Å². The summed E-state index contributed by atoms with van der Waals surface area (Å²) in [6.45, 7) is -0.0453. The lowest BCUT2D eigenvalue weighted by molar-refractivity contribution is 0.0921. The van der Waals surface area contributed by atoms with Crippen molar-refractivity contribution >= 4 is 5.78 Å². The number of carbonyl (C=O) groups excluding carboxylic acids is 1. The van der Waals surface area contributed by atoms with Crippen LogP contribution in [0, 0.1) is 11.8 Å². The number of Topliss-reactive ketones (excluding diaryl/α,β-unsaturated/α-hetero) is 1. The van der Waals surface area contributed by atoms with E-state index in [1.54, 1.807) is 31.4 Å². The average molecular weight is 342 g/mol. The summed E-state index contributed by atoms with van der Waals surface area (Å²) in [6.07, 6.45) is 0. The lowest BCUT2D eigenvalue weighted by Gasteiger charge is -2.08. The summed E-state index contributed by atoms with van der Waals surface area (Å²) < 4.78 is 10.8. The van der Waals surface area contributed by atoms with E-state index in [1.807, 2.05) is 54.6 Å². The minimum absolute atomic E-state index is 0.0453. The number of rotatable bonds is 5. The lowest BCUT2D eigenvalue weighted by atomic mass is 10.1. The van der Waals surface area contributed by atoms with Gasteiger partial charge in [-0.05, 0) is 48.5 Å². The zero-order valence-corrected chi connectivity index (χ0v) is 14.4. The van der Waals surface area contributed by atoms with Gasteiger partial charge >= 0.3 is 0 Å². The van der Waals surface area contributed by atoms with Crippen molar-refractivity contribution in [3.8, 4) is 23.3 Å². The van der Waals surface area contributed by atoms with E-state index in [9.17, 15) is 4.79 Å². The highest BCUT2D eigenvalue weighted by Crippen LogP contribution is 2.18. The summed E-state index contributed by atoms with van der Waals surface area (Å²) in [5, 5.41) is 0. The summed E-state index contributed by atoms with van der Waals surface area (Å²) in [5.74, 6) is 7.42. The van der Waals surface area contributed by atoms with Gasteiger partial charge in [-0.25, -0.2) is 0 Å². The first-order valence-corrected chi connectivity index (χ1v) is 8.22. The summed E-state index contributed by atoms with van der Waals surface area (Å²) in [5.41, 5.74) is 2.26. The monoisotopic (exact) mass is 342 g/mol. The van der Waals surface area contributed by atoms with Crippen molar-refractivity contribution in [2.75, 3.05) is 13.7 Å². The molecule has 26 heavy (non-hydrogen) atoms. The third kappa shape index (κ3) is 4.52. The number of ether oxygens (including phenoxy) is 2. The summed E-state index contributed by atoms with van der Waals surface area (Å²) in [7, 11) is 1.59. The standard InChI is InChI=1S/C23H18O3/c1-25-21-15-13-19(14-16-21)22(24)17-26-23-10-6-5-9-20(23)12-11-18-7-3-2-4-8-18/h2-10,13-16H,17H2,1H3. The van der Waals surface area contributed by atoms with Crippen LogP contribution in [0.5, 0.6) is 11.5 Å². The SMILES string of the molecule is COc1ccc(C(=O)COc2ccccc2C#Cc2ccccc2)cc1. The maximum atomic E-state index is 12.3. The first kappa shape index (κ1) is 17.3. The predicted molar refractivity (Wildman–Crippen MR) is 102 cm³/mol. The Morgan fingerprint density at radius 1 is 0.846 bits per heavy atom. The molecule has 3 aromatic carbocycles. The van der Waals surface area contributed by atoms with Gasteiger partial charge in [-0.15, -0.1) is 0 Å². The molecular weight excluding hydrogens is 324 g/mol. The van der Waals surface area contributed by atoms with Crippen LogP contribution in [0.2, 0.25) is 0 Å². The van der Waals surface area contributed by atoms with Crippen LogP contribution in [0.25, 0.3) is 0 Å². The largest absolute Gasteiger partial charge is 0.497 e. The van der Waals surface area contributed by atoms with Crippen LogP contribution in [-0.2, 0) is 0 Å². The molecule has 0 amide bonds. The lowest BCUT2D eigenvalue weighted by Crippen LogP contribution is -2.12. The summed E-state index contributed by atoms with van der Waals surface area (Å²) in [6, 6.07) is 24.2. The number of methoxy groups -OCH3 is 1. The van der Waals surface area contributed by atoms with Crippen molar-refractivity contribution in [1.29, 1.82) is 0 Å². The maximum Gasteiger partial charge on any atom is 0.200 e. The first-order valence-electron chi connectivity index (χ1n) is 8.22. The molecule has 3 aromatic rings. The van der Waals surface area contributed by atoms with Gasteiger partial charge in [0.25, 0.3) is 0 Å². The molecule has 0 N–H and O–H groups in total. The third-order valence-electron chi connectivity index (χ3n) is 3.77. The molecule has 0 spiro atoms. The molecule has 0 atom stereocenters. The molecule has 0 unspecified atom stereocenters. The van der Waals surface area contributed by atoms with Crippen LogP contribution >= 0.6 is 0 Å². The summed E-state index contributed by atoms with van der Waals surface area (Å²) >= 11 is 0. The Morgan fingerprint density at radius 3 is 2.27 bits per heavy atom. The van der Waals surface area contributed by atoms with Gasteiger partial charge < -0.3 is 9.47 Å². The van der Waals surface area contributed by atoms with E-state index in [0.717, 1.165) is 11.1 Å². The molecule has 0 fully saturated rings. The highest BCUT2D eigenvalue weighted by molar-refractivity contribution is 5.97. The number of para-hydroxylation sites is 1. The van der Waals surface area contributed by atoms with Crippen molar-refractivity contribution in [1.82, 2.24) is 0 Å².